The van der Waals surface area contributed by atoms with Crippen LogP contribution in [0.25, 0.3) is 16.9 Å². The molecule has 0 radical (unpaired) electrons. The molecule has 7 nitrogen and oxygen atoms in total. The molecule has 142 valence electrons. The van der Waals surface area contributed by atoms with Crippen molar-refractivity contribution in [3.05, 3.63) is 71.1 Å². The Morgan fingerprint density at radius 2 is 1.96 bits per heavy atom. The zero-order chi connectivity index (χ0) is 19.7. The number of pyridine rings is 1. The number of rotatable bonds is 5. The summed E-state index contributed by atoms with van der Waals surface area (Å²) in [5, 5.41) is 7.68. The average Bonchev–Trinajstić information content (AvgIpc) is 3.07. The van der Waals surface area contributed by atoms with Gasteiger partial charge in [0, 0.05) is 36.8 Å². The molecule has 9 heteroatoms. The van der Waals surface area contributed by atoms with Crippen molar-refractivity contribution in [1.82, 2.24) is 19.6 Å². The summed E-state index contributed by atoms with van der Waals surface area (Å²) in [6.07, 6.45) is 6.35. The lowest BCUT2D eigenvalue weighted by Crippen LogP contribution is -2.08. The van der Waals surface area contributed by atoms with Gasteiger partial charge in [-0.3, -0.25) is 4.98 Å². The van der Waals surface area contributed by atoms with Gasteiger partial charge in [0.2, 0.25) is 0 Å². The van der Waals surface area contributed by atoms with Crippen LogP contribution in [0.3, 0.4) is 0 Å². The number of anilines is 1. The van der Waals surface area contributed by atoms with Crippen LogP contribution >= 0.6 is 15.9 Å². The average molecular weight is 458 g/mol. The van der Waals surface area contributed by atoms with Crippen molar-refractivity contribution >= 4 is 37.2 Å². The van der Waals surface area contributed by atoms with E-state index in [4.69, 9.17) is 0 Å². The minimum absolute atomic E-state index is 0.237. The second-order valence-electron chi connectivity index (χ2n) is 6.24. The predicted molar refractivity (Wildman–Crippen MR) is 111 cm³/mol. The summed E-state index contributed by atoms with van der Waals surface area (Å²) in [5.74, 6) is 0.692. The van der Waals surface area contributed by atoms with Crippen molar-refractivity contribution in [2.75, 3.05) is 11.6 Å². The van der Waals surface area contributed by atoms with Crippen LogP contribution in [0.4, 0.5) is 5.82 Å². The first-order chi connectivity index (χ1) is 13.4. The fourth-order valence-electron chi connectivity index (χ4n) is 2.90. The Labute approximate surface area is 170 Å². The fraction of sp³-hybridized carbons (Fsp3) is 0.105. The first-order valence-electron chi connectivity index (χ1n) is 8.40. The molecule has 0 fully saturated rings. The third kappa shape index (κ3) is 3.63. The maximum Gasteiger partial charge on any atom is 0.176 e. The van der Waals surface area contributed by atoms with Crippen LogP contribution in [0, 0.1) is 0 Å². The highest BCUT2D eigenvalue weighted by Gasteiger charge is 2.18. The van der Waals surface area contributed by atoms with Crippen molar-refractivity contribution < 1.29 is 8.42 Å². The minimum atomic E-state index is -3.40. The van der Waals surface area contributed by atoms with Crippen molar-refractivity contribution in [1.29, 1.82) is 0 Å². The van der Waals surface area contributed by atoms with Gasteiger partial charge in [-0.1, -0.05) is 24.3 Å². The van der Waals surface area contributed by atoms with E-state index in [1.54, 1.807) is 53.4 Å². The van der Waals surface area contributed by atoms with Gasteiger partial charge in [0.15, 0.2) is 15.5 Å². The number of nitrogens with zero attached hydrogens (tertiary/aromatic N) is 4. The molecule has 0 spiro atoms. The highest BCUT2D eigenvalue weighted by atomic mass is 79.9. The molecule has 28 heavy (non-hydrogen) atoms. The maximum absolute atomic E-state index is 12.2. The summed E-state index contributed by atoms with van der Waals surface area (Å²) in [6.45, 7) is 0.539. The molecule has 1 aromatic carbocycles. The monoisotopic (exact) mass is 457 g/mol. The van der Waals surface area contributed by atoms with Crippen LogP contribution in [-0.2, 0) is 16.4 Å². The summed E-state index contributed by atoms with van der Waals surface area (Å²) in [4.78, 5) is 8.99. The topological polar surface area (TPSA) is 89.2 Å². The fourth-order valence-corrected chi connectivity index (χ4v) is 4.14. The van der Waals surface area contributed by atoms with Gasteiger partial charge in [0.25, 0.3) is 0 Å². The first-order valence-corrected chi connectivity index (χ1v) is 11.1. The Balaban J connectivity index is 1.84. The molecule has 0 aliphatic carbocycles. The van der Waals surface area contributed by atoms with Crippen molar-refractivity contribution in [3.8, 4) is 11.3 Å². The molecular formula is C19H16BrN5O2S. The van der Waals surface area contributed by atoms with Crippen LogP contribution in [0.15, 0.2) is 70.4 Å². The molecule has 0 amide bonds. The van der Waals surface area contributed by atoms with E-state index in [0.29, 0.717) is 29.3 Å². The molecule has 4 rings (SSSR count). The Morgan fingerprint density at radius 1 is 1.14 bits per heavy atom. The number of hydrogen-bond acceptors (Lipinski definition) is 6. The second kappa shape index (κ2) is 7.33. The molecule has 0 saturated heterocycles. The van der Waals surface area contributed by atoms with Crippen molar-refractivity contribution in [2.24, 2.45) is 0 Å². The van der Waals surface area contributed by atoms with Gasteiger partial charge in [-0.15, -0.1) is 0 Å². The van der Waals surface area contributed by atoms with E-state index in [2.05, 4.69) is 36.3 Å². The summed E-state index contributed by atoms with van der Waals surface area (Å²) in [5.41, 5.74) is 2.69. The number of hydrogen-bond donors (Lipinski definition) is 1. The zero-order valence-electron chi connectivity index (χ0n) is 14.9. The molecule has 1 N–H and O–H groups in total. The van der Waals surface area contributed by atoms with Gasteiger partial charge in [-0.05, 0) is 33.6 Å². The highest BCUT2D eigenvalue weighted by molar-refractivity contribution is 9.10. The lowest BCUT2D eigenvalue weighted by molar-refractivity contribution is 0.602. The van der Waals surface area contributed by atoms with Crippen LogP contribution in [-0.4, -0.2) is 34.3 Å². The van der Waals surface area contributed by atoms with Crippen LogP contribution in [0.1, 0.15) is 5.56 Å². The number of nitrogens with one attached hydrogen (secondary N) is 1. The van der Waals surface area contributed by atoms with E-state index in [1.807, 2.05) is 12.1 Å². The molecule has 0 unspecified atom stereocenters. The van der Waals surface area contributed by atoms with E-state index in [9.17, 15) is 8.42 Å². The number of fused-ring (bicyclic) bond motifs is 1. The summed E-state index contributed by atoms with van der Waals surface area (Å²) < 4.78 is 26.8. The predicted octanol–water partition coefficient (Wildman–Crippen LogP) is 3.57. The second-order valence-corrected chi connectivity index (χ2v) is 9.08. The lowest BCUT2D eigenvalue weighted by Gasteiger charge is -2.12. The molecule has 3 heterocycles. The quantitative estimate of drug-likeness (QED) is 0.492. The van der Waals surface area contributed by atoms with Gasteiger partial charge in [0.1, 0.15) is 5.82 Å². The molecule has 0 aliphatic rings. The highest BCUT2D eigenvalue weighted by Crippen LogP contribution is 2.30. The molecule has 0 bridgehead atoms. The number of halogens is 1. The number of aromatic nitrogens is 4. The first kappa shape index (κ1) is 18.6. The minimum Gasteiger partial charge on any atom is -0.366 e. The van der Waals surface area contributed by atoms with Crippen molar-refractivity contribution in [2.45, 2.75) is 11.4 Å². The number of benzene rings is 1. The van der Waals surface area contributed by atoms with Gasteiger partial charge in [0.05, 0.1) is 21.3 Å². The van der Waals surface area contributed by atoms with E-state index in [0.717, 1.165) is 10.0 Å². The normalized spacial score (nSPS) is 11.6. The van der Waals surface area contributed by atoms with E-state index >= 15 is 0 Å². The lowest BCUT2D eigenvalue weighted by atomic mass is 10.1. The Morgan fingerprint density at radius 3 is 2.71 bits per heavy atom. The molecule has 0 aliphatic heterocycles. The van der Waals surface area contributed by atoms with E-state index in [-0.39, 0.29) is 4.90 Å². The van der Waals surface area contributed by atoms with Gasteiger partial charge in [-0.2, -0.15) is 9.61 Å². The summed E-state index contributed by atoms with van der Waals surface area (Å²) >= 11 is 3.46. The molecule has 0 saturated carbocycles. The maximum atomic E-state index is 12.2. The van der Waals surface area contributed by atoms with Crippen molar-refractivity contribution in [3.63, 3.8) is 0 Å². The Bertz CT molecular complexity index is 1260. The standard InChI is InChI=1S/C19H16BrN5O2S/c1-28(26,27)17-7-3-2-6-14(17)16-9-18(22-11-13-5-4-8-21-10-13)25-19(24-16)15(20)12-23-25/h2-10,12,22H,11H2,1H3. The van der Waals surface area contributed by atoms with Crippen LogP contribution < -0.4 is 5.32 Å². The SMILES string of the molecule is CS(=O)(=O)c1ccccc1-c1cc(NCc2cccnc2)n2ncc(Br)c2n1. The van der Waals surface area contributed by atoms with E-state index in [1.165, 1.54) is 6.26 Å². The third-order valence-electron chi connectivity index (χ3n) is 4.19. The van der Waals surface area contributed by atoms with Gasteiger partial charge < -0.3 is 5.32 Å². The Kier molecular flexibility index (Phi) is 4.86. The smallest absolute Gasteiger partial charge is 0.176 e. The zero-order valence-corrected chi connectivity index (χ0v) is 17.3. The number of sulfone groups is 1. The summed E-state index contributed by atoms with van der Waals surface area (Å²) in [7, 11) is -3.40. The molecule has 3 aromatic heterocycles. The van der Waals surface area contributed by atoms with Crippen LogP contribution in [0.2, 0.25) is 0 Å². The van der Waals surface area contributed by atoms with Gasteiger partial charge >= 0.3 is 0 Å². The summed E-state index contributed by atoms with van der Waals surface area (Å²) in [6, 6.07) is 12.5. The molecule has 4 aromatic rings. The largest absolute Gasteiger partial charge is 0.366 e. The van der Waals surface area contributed by atoms with Crippen LogP contribution in [0.5, 0.6) is 0 Å². The molecular weight excluding hydrogens is 442 g/mol. The third-order valence-corrected chi connectivity index (χ3v) is 5.90. The van der Waals surface area contributed by atoms with E-state index < -0.39 is 9.84 Å². The van der Waals surface area contributed by atoms with Gasteiger partial charge in [-0.25, -0.2) is 13.4 Å². The molecule has 0 atom stereocenters. The Hall–Kier alpha value is -2.78.